The number of carbonyl (C=O) groups is 2. The van der Waals surface area contributed by atoms with Crippen molar-refractivity contribution in [3.8, 4) is 16.9 Å². The second-order valence-corrected chi connectivity index (χ2v) is 9.02. The fraction of sp³-hybridized carbons (Fsp3) is 0.115. The average Bonchev–Trinajstić information content (AvgIpc) is 3.18. The minimum absolute atomic E-state index is 0.0569. The SMILES string of the molecule is O=C(O)CN1C(=O)CSC(c2ccccc2F)c2c(-c3ccccc3)nn(-c3ccc(F)cc3)c21. The summed E-state index contributed by atoms with van der Waals surface area (Å²) >= 11 is 1.22. The third kappa shape index (κ3) is 4.30. The van der Waals surface area contributed by atoms with Crippen LogP contribution < -0.4 is 4.90 Å². The second kappa shape index (κ2) is 9.34. The number of halogens is 2. The Balaban J connectivity index is 1.86. The predicted molar refractivity (Wildman–Crippen MR) is 130 cm³/mol. The van der Waals surface area contributed by atoms with E-state index in [1.807, 2.05) is 30.3 Å². The van der Waals surface area contributed by atoms with Crippen LogP contribution in [0.5, 0.6) is 0 Å². The van der Waals surface area contributed by atoms with Gasteiger partial charge in [-0.2, -0.15) is 5.10 Å². The van der Waals surface area contributed by atoms with E-state index in [9.17, 15) is 19.1 Å². The van der Waals surface area contributed by atoms with Gasteiger partial charge < -0.3 is 5.11 Å². The van der Waals surface area contributed by atoms with Crippen LogP contribution in [0.25, 0.3) is 16.9 Å². The maximum Gasteiger partial charge on any atom is 0.323 e. The van der Waals surface area contributed by atoms with Crippen molar-refractivity contribution >= 4 is 29.5 Å². The molecule has 2 heterocycles. The number of nitrogens with zero attached hydrogens (tertiary/aromatic N) is 3. The number of aromatic nitrogens is 2. The first-order chi connectivity index (χ1) is 16.9. The molecule has 176 valence electrons. The number of hydrogen-bond donors (Lipinski definition) is 1. The number of anilines is 1. The number of thioether (sulfide) groups is 1. The number of carboxylic acids is 1. The lowest BCUT2D eigenvalue weighted by Crippen LogP contribution is -2.38. The monoisotopic (exact) mass is 491 g/mol. The van der Waals surface area contributed by atoms with Gasteiger partial charge in [0.05, 0.1) is 22.4 Å². The fourth-order valence-corrected chi connectivity index (χ4v) is 5.38. The van der Waals surface area contributed by atoms with Crippen LogP contribution in [0.15, 0.2) is 78.9 Å². The molecule has 0 saturated heterocycles. The Bertz CT molecular complexity index is 1410. The molecule has 35 heavy (non-hydrogen) atoms. The van der Waals surface area contributed by atoms with Crippen LogP contribution in [0.1, 0.15) is 16.4 Å². The van der Waals surface area contributed by atoms with E-state index >= 15 is 4.39 Å². The highest BCUT2D eigenvalue weighted by Crippen LogP contribution is 2.48. The molecule has 9 heteroatoms. The molecule has 0 bridgehead atoms. The Kier molecular flexibility index (Phi) is 6.08. The van der Waals surface area contributed by atoms with Gasteiger partial charge in [-0.25, -0.2) is 13.5 Å². The largest absolute Gasteiger partial charge is 0.480 e. The molecule has 1 amide bonds. The van der Waals surface area contributed by atoms with E-state index in [-0.39, 0.29) is 11.6 Å². The maximum absolute atomic E-state index is 15.0. The summed E-state index contributed by atoms with van der Waals surface area (Å²) in [5.41, 5.74) is 2.52. The van der Waals surface area contributed by atoms with E-state index in [0.29, 0.717) is 22.5 Å². The van der Waals surface area contributed by atoms with Crippen molar-refractivity contribution in [2.24, 2.45) is 0 Å². The Morgan fingerprint density at radius 1 is 1.00 bits per heavy atom. The molecule has 4 aromatic rings. The standard InChI is InChI=1S/C26H19F2N3O3S/c27-17-10-12-18(13-11-17)31-26-23(24(29-31)16-6-2-1-3-7-16)25(19-8-4-5-9-20(19)28)35-15-21(32)30(26)14-22(33)34/h1-13,25H,14-15H2,(H,33,34). The molecule has 1 atom stereocenters. The molecule has 0 spiro atoms. The zero-order chi connectivity index (χ0) is 24.5. The van der Waals surface area contributed by atoms with Gasteiger partial charge in [-0.3, -0.25) is 14.5 Å². The smallest absolute Gasteiger partial charge is 0.323 e. The molecular formula is C26H19F2N3O3S. The zero-order valence-electron chi connectivity index (χ0n) is 18.3. The molecule has 1 N–H and O–H groups in total. The van der Waals surface area contributed by atoms with Gasteiger partial charge in [0, 0.05) is 16.7 Å². The number of benzene rings is 3. The fourth-order valence-electron chi connectivity index (χ4n) is 4.16. The number of fused-ring (bicyclic) bond motifs is 1. The van der Waals surface area contributed by atoms with Crippen molar-refractivity contribution in [3.63, 3.8) is 0 Å². The van der Waals surface area contributed by atoms with Crippen molar-refractivity contribution in [2.75, 3.05) is 17.2 Å². The molecule has 6 nitrogen and oxygen atoms in total. The summed E-state index contributed by atoms with van der Waals surface area (Å²) in [7, 11) is 0. The predicted octanol–water partition coefficient (Wildman–Crippen LogP) is 5.07. The van der Waals surface area contributed by atoms with E-state index in [0.717, 1.165) is 10.5 Å². The number of hydrogen-bond acceptors (Lipinski definition) is 4. The van der Waals surface area contributed by atoms with E-state index < -0.39 is 35.3 Å². The molecule has 5 rings (SSSR count). The molecule has 1 aliphatic heterocycles. The lowest BCUT2D eigenvalue weighted by molar-refractivity contribution is -0.136. The normalized spacial score (nSPS) is 15.5. The van der Waals surface area contributed by atoms with Gasteiger partial charge in [0.25, 0.3) is 0 Å². The lowest BCUT2D eigenvalue weighted by atomic mass is 9.99. The van der Waals surface area contributed by atoms with Gasteiger partial charge in [0.1, 0.15) is 24.0 Å². The first-order valence-electron chi connectivity index (χ1n) is 10.8. The third-order valence-corrected chi connectivity index (χ3v) is 6.93. The Hall–Kier alpha value is -3.98. The molecule has 1 unspecified atom stereocenters. The first-order valence-corrected chi connectivity index (χ1v) is 11.8. The molecule has 0 fully saturated rings. The number of carboxylic acid groups (broad SMARTS) is 1. The van der Waals surface area contributed by atoms with Crippen LogP contribution in [-0.4, -0.2) is 39.1 Å². The number of amides is 1. The van der Waals surface area contributed by atoms with Crippen molar-refractivity contribution in [1.29, 1.82) is 0 Å². The Morgan fingerprint density at radius 2 is 1.69 bits per heavy atom. The average molecular weight is 492 g/mol. The molecule has 0 aliphatic carbocycles. The summed E-state index contributed by atoms with van der Waals surface area (Å²) in [6.07, 6.45) is 0. The van der Waals surface area contributed by atoms with Gasteiger partial charge in [-0.05, 0) is 30.3 Å². The highest BCUT2D eigenvalue weighted by atomic mass is 32.2. The van der Waals surface area contributed by atoms with Crippen LogP contribution in [0, 0.1) is 11.6 Å². The highest BCUT2D eigenvalue weighted by Gasteiger charge is 2.38. The summed E-state index contributed by atoms with van der Waals surface area (Å²) in [5, 5.41) is 13.7. The van der Waals surface area contributed by atoms with E-state index in [2.05, 4.69) is 0 Å². The van der Waals surface area contributed by atoms with Gasteiger partial charge in [0.15, 0.2) is 0 Å². The summed E-state index contributed by atoms with van der Waals surface area (Å²) < 4.78 is 30.2. The zero-order valence-corrected chi connectivity index (χ0v) is 19.1. The van der Waals surface area contributed by atoms with Gasteiger partial charge >= 0.3 is 5.97 Å². The topological polar surface area (TPSA) is 75.4 Å². The van der Waals surface area contributed by atoms with Crippen molar-refractivity contribution < 1.29 is 23.5 Å². The van der Waals surface area contributed by atoms with Gasteiger partial charge in [0.2, 0.25) is 5.91 Å². The number of rotatable bonds is 5. The summed E-state index contributed by atoms with van der Waals surface area (Å²) in [4.78, 5) is 26.1. The number of aliphatic carboxylic acids is 1. The molecule has 0 radical (unpaired) electrons. The third-order valence-electron chi connectivity index (χ3n) is 5.69. The molecule has 3 aromatic carbocycles. The summed E-state index contributed by atoms with van der Waals surface area (Å²) in [5.74, 6) is -2.37. The number of carbonyl (C=O) groups excluding carboxylic acids is 1. The summed E-state index contributed by atoms with van der Waals surface area (Å²) in [6, 6.07) is 21.0. The van der Waals surface area contributed by atoms with Crippen LogP contribution >= 0.6 is 11.8 Å². The summed E-state index contributed by atoms with van der Waals surface area (Å²) in [6.45, 7) is -0.600. The van der Waals surface area contributed by atoms with Gasteiger partial charge in [-0.1, -0.05) is 48.5 Å². The molecule has 0 saturated carbocycles. The highest BCUT2D eigenvalue weighted by molar-refractivity contribution is 8.00. The van der Waals surface area contributed by atoms with Crippen LogP contribution in [-0.2, 0) is 9.59 Å². The lowest BCUT2D eigenvalue weighted by Gasteiger charge is -2.22. The quantitative estimate of drug-likeness (QED) is 0.422. The Labute approximate surface area is 203 Å². The van der Waals surface area contributed by atoms with Gasteiger partial charge in [-0.15, -0.1) is 11.8 Å². The van der Waals surface area contributed by atoms with Crippen LogP contribution in [0.2, 0.25) is 0 Å². The molecule has 1 aromatic heterocycles. The first kappa shape index (κ1) is 22.8. The van der Waals surface area contributed by atoms with E-state index in [1.54, 1.807) is 18.2 Å². The Morgan fingerprint density at radius 3 is 2.37 bits per heavy atom. The minimum Gasteiger partial charge on any atom is -0.480 e. The molecule has 1 aliphatic rings. The van der Waals surface area contributed by atoms with Crippen LogP contribution in [0.3, 0.4) is 0 Å². The van der Waals surface area contributed by atoms with Crippen molar-refractivity contribution in [2.45, 2.75) is 5.25 Å². The van der Waals surface area contributed by atoms with Crippen molar-refractivity contribution in [3.05, 3.63) is 102 Å². The molecular weight excluding hydrogens is 472 g/mol. The maximum atomic E-state index is 15.0. The van der Waals surface area contributed by atoms with Crippen molar-refractivity contribution in [1.82, 2.24) is 9.78 Å². The van der Waals surface area contributed by atoms with E-state index in [1.165, 1.54) is 46.8 Å². The van der Waals surface area contributed by atoms with E-state index in [4.69, 9.17) is 5.10 Å². The minimum atomic E-state index is -1.20. The van der Waals surface area contributed by atoms with Crippen LogP contribution in [0.4, 0.5) is 14.6 Å². The second-order valence-electron chi connectivity index (χ2n) is 7.93.